The lowest BCUT2D eigenvalue weighted by molar-refractivity contribution is 0.446. The topological polar surface area (TPSA) is 46.3 Å². The molecule has 0 amide bonds. The molecule has 2 aromatic rings. The lowest BCUT2D eigenvalue weighted by Gasteiger charge is -2.33. The molecule has 1 saturated heterocycles. The minimum absolute atomic E-state index is 0.562. The number of piperidine rings is 1. The highest BCUT2D eigenvalue weighted by Crippen LogP contribution is 2.24. The molecule has 0 aromatic carbocycles. The molecule has 0 aliphatic carbocycles. The largest absolute Gasteiger partial charge is 0.356 e. The number of halogens is 1. The average molecular weight is 266 g/mol. The van der Waals surface area contributed by atoms with E-state index < -0.39 is 0 Å². The predicted molar refractivity (Wildman–Crippen MR) is 71.2 cm³/mol. The minimum Gasteiger partial charge on any atom is -0.356 e. The minimum atomic E-state index is 0.562. The van der Waals surface area contributed by atoms with Crippen LogP contribution < -0.4 is 4.90 Å². The fraction of sp³-hybridized carbons (Fsp3) is 0.583. The molecule has 1 atom stereocenters. The molecule has 1 fully saturated rings. The van der Waals surface area contributed by atoms with Gasteiger partial charge in [-0.1, -0.05) is 0 Å². The SMILES string of the molecule is Cc1cc(N2CCCC(CCl)C2)n2ncnc2n1. The third-order valence-electron chi connectivity index (χ3n) is 3.42. The van der Waals surface area contributed by atoms with Crippen molar-refractivity contribution in [3.63, 3.8) is 0 Å². The van der Waals surface area contributed by atoms with Crippen LogP contribution in [-0.4, -0.2) is 38.6 Å². The zero-order chi connectivity index (χ0) is 12.5. The molecular formula is C12H16ClN5. The number of fused-ring (bicyclic) bond motifs is 1. The summed E-state index contributed by atoms with van der Waals surface area (Å²) in [5.41, 5.74) is 0.971. The molecule has 1 aliphatic rings. The van der Waals surface area contributed by atoms with Crippen LogP contribution >= 0.6 is 11.6 Å². The summed E-state index contributed by atoms with van der Waals surface area (Å²) in [4.78, 5) is 10.9. The Labute approximate surface area is 111 Å². The van der Waals surface area contributed by atoms with E-state index >= 15 is 0 Å². The Morgan fingerprint density at radius 3 is 3.22 bits per heavy atom. The van der Waals surface area contributed by atoms with E-state index in [-0.39, 0.29) is 0 Å². The summed E-state index contributed by atoms with van der Waals surface area (Å²) in [7, 11) is 0. The second-order valence-corrected chi connectivity index (χ2v) is 5.14. The number of hydrogen-bond donors (Lipinski definition) is 0. The number of alkyl halides is 1. The molecule has 2 aromatic heterocycles. The Balaban J connectivity index is 2.00. The number of rotatable bonds is 2. The van der Waals surface area contributed by atoms with Crippen LogP contribution in [0.2, 0.25) is 0 Å². The zero-order valence-corrected chi connectivity index (χ0v) is 11.1. The van der Waals surface area contributed by atoms with Gasteiger partial charge in [-0.2, -0.15) is 14.6 Å². The molecule has 96 valence electrons. The van der Waals surface area contributed by atoms with Crippen molar-refractivity contribution in [1.82, 2.24) is 19.6 Å². The smallest absolute Gasteiger partial charge is 0.254 e. The summed E-state index contributed by atoms with van der Waals surface area (Å²) in [6, 6.07) is 2.07. The molecule has 6 heteroatoms. The third kappa shape index (κ3) is 2.03. The van der Waals surface area contributed by atoms with Gasteiger partial charge in [0.25, 0.3) is 5.78 Å². The first-order chi connectivity index (χ1) is 8.78. The Bertz CT molecular complexity index is 552. The fourth-order valence-corrected chi connectivity index (χ4v) is 2.79. The predicted octanol–water partition coefficient (Wildman–Crippen LogP) is 1.89. The summed E-state index contributed by atoms with van der Waals surface area (Å²) in [6.07, 6.45) is 3.94. The van der Waals surface area contributed by atoms with E-state index in [4.69, 9.17) is 11.6 Å². The van der Waals surface area contributed by atoms with Crippen LogP contribution in [0.15, 0.2) is 12.4 Å². The van der Waals surface area contributed by atoms with Crippen LogP contribution in [0.3, 0.4) is 0 Å². The molecule has 0 bridgehead atoms. The van der Waals surface area contributed by atoms with E-state index in [2.05, 4.69) is 26.0 Å². The van der Waals surface area contributed by atoms with Crippen molar-refractivity contribution < 1.29 is 0 Å². The van der Waals surface area contributed by atoms with Crippen LogP contribution in [0, 0.1) is 12.8 Å². The maximum absolute atomic E-state index is 5.99. The Morgan fingerprint density at radius 2 is 2.39 bits per heavy atom. The van der Waals surface area contributed by atoms with Crippen molar-refractivity contribution in [2.24, 2.45) is 5.92 Å². The van der Waals surface area contributed by atoms with E-state index in [1.165, 1.54) is 12.8 Å². The number of hydrogen-bond acceptors (Lipinski definition) is 4. The van der Waals surface area contributed by atoms with Gasteiger partial charge in [0.05, 0.1) is 0 Å². The normalized spacial score (nSPS) is 20.6. The Hall–Kier alpha value is -1.36. The number of nitrogens with zero attached hydrogens (tertiary/aromatic N) is 5. The average Bonchev–Trinajstić information content (AvgIpc) is 2.85. The summed E-state index contributed by atoms with van der Waals surface area (Å²) in [5.74, 6) is 3.02. The van der Waals surface area contributed by atoms with E-state index in [0.29, 0.717) is 11.7 Å². The Morgan fingerprint density at radius 1 is 1.50 bits per heavy atom. The second-order valence-electron chi connectivity index (χ2n) is 4.84. The van der Waals surface area contributed by atoms with Crippen LogP contribution in [-0.2, 0) is 0 Å². The zero-order valence-electron chi connectivity index (χ0n) is 10.4. The lowest BCUT2D eigenvalue weighted by atomic mass is 10.0. The number of anilines is 1. The van der Waals surface area contributed by atoms with Gasteiger partial charge in [0.2, 0.25) is 0 Å². The highest BCUT2D eigenvalue weighted by molar-refractivity contribution is 6.18. The highest BCUT2D eigenvalue weighted by atomic mass is 35.5. The van der Waals surface area contributed by atoms with Gasteiger partial charge in [-0.3, -0.25) is 0 Å². The van der Waals surface area contributed by atoms with Gasteiger partial charge in [0.1, 0.15) is 12.1 Å². The van der Waals surface area contributed by atoms with E-state index in [9.17, 15) is 0 Å². The van der Waals surface area contributed by atoms with E-state index in [1.807, 2.05) is 11.4 Å². The van der Waals surface area contributed by atoms with Crippen molar-refractivity contribution in [2.75, 3.05) is 23.9 Å². The fourth-order valence-electron chi connectivity index (χ4n) is 2.54. The molecule has 0 saturated carbocycles. The van der Waals surface area contributed by atoms with Gasteiger partial charge in [-0.25, -0.2) is 4.98 Å². The van der Waals surface area contributed by atoms with Crippen molar-refractivity contribution in [1.29, 1.82) is 0 Å². The van der Waals surface area contributed by atoms with Gasteiger partial charge in [-0.05, 0) is 25.7 Å². The molecule has 0 radical (unpaired) electrons. The number of aryl methyl sites for hydroxylation is 1. The molecule has 0 N–H and O–H groups in total. The summed E-state index contributed by atoms with van der Waals surface area (Å²) in [6.45, 7) is 4.02. The molecule has 1 unspecified atom stereocenters. The van der Waals surface area contributed by atoms with Gasteiger partial charge in [0, 0.05) is 30.7 Å². The van der Waals surface area contributed by atoms with Crippen LogP contribution in [0.5, 0.6) is 0 Å². The van der Waals surface area contributed by atoms with Crippen LogP contribution in [0.1, 0.15) is 18.5 Å². The molecule has 0 spiro atoms. The molecule has 5 nitrogen and oxygen atoms in total. The lowest BCUT2D eigenvalue weighted by Crippen LogP contribution is -2.37. The third-order valence-corrected chi connectivity index (χ3v) is 3.86. The molecule has 3 rings (SSSR count). The molecule has 3 heterocycles. The first kappa shape index (κ1) is 11.7. The van der Waals surface area contributed by atoms with Gasteiger partial charge < -0.3 is 4.90 Å². The summed E-state index contributed by atoms with van der Waals surface area (Å²) in [5, 5.41) is 4.25. The Kier molecular flexibility index (Phi) is 3.07. The van der Waals surface area contributed by atoms with Crippen LogP contribution in [0.4, 0.5) is 5.82 Å². The monoisotopic (exact) mass is 265 g/mol. The van der Waals surface area contributed by atoms with Crippen molar-refractivity contribution in [3.8, 4) is 0 Å². The summed E-state index contributed by atoms with van der Waals surface area (Å²) < 4.78 is 1.81. The maximum Gasteiger partial charge on any atom is 0.254 e. The first-order valence-electron chi connectivity index (χ1n) is 6.26. The molecule has 1 aliphatic heterocycles. The summed E-state index contributed by atoms with van der Waals surface area (Å²) >= 11 is 5.99. The van der Waals surface area contributed by atoms with Gasteiger partial charge >= 0.3 is 0 Å². The second kappa shape index (κ2) is 4.72. The van der Waals surface area contributed by atoms with Gasteiger partial charge in [-0.15, -0.1) is 11.6 Å². The standard InChI is InChI=1S/C12H16ClN5/c1-9-5-11(18-12(16-9)14-8-15-18)17-4-2-3-10(6-13)7-17/h5,8,10H,2-4,6-7H2,1H3. The molecular weight excluding hydrogens is 250 g/mol. The molecule has 18 heavy (non-hydrogen) atoms. The van der Waals surface area contributed by atoms with E-state index in [0.717, 1.165) is 30.5 Å². The van der Waals surface area contributed by atoms with Crippen molar-refractivity contribution in [3.05, 3.63) is 18.1 Å². The van der Waals surface area contributed by atoms with E-state index in [1.54, 1.807) is 6.33 Å². The van der Waals surface area contributed by atoms with Gasteiger partial charge in [0.15, 0.2) is 0 Å². The quantitative estimate of drug-likeness (QED) is 0.778. The maximum atomic E-state index is 5.99. The first-order valence-corrected chi connectivity index (χ1v) is 6.79. The van der Waals surface area contributed by atoms with Crippen molar-refractivity contribution >= 4 is 23.2 Å². The highest BCUT2D eigenvalue weighted by Gasteiger charge is 2.21. The van der Waals surface area contributed by atoms with Crippen molar-refractivity contribution in [2.45, 2.75) is 19.8 Å². The van der Waals surface area contributed by atoms with Crippen LogP contribution in [0.25, 0.3) is 5.78 Å². The number of aromatic nitrogens is 4.